The van der Waals surface area contributed by atoms with Crippen molar-refractivity contribution in [2.75, 3.05) is 26.2 Å². The van der Waals surface area contributed by atoms with Crippen LogP contribution in [0, 0.1) is 0 Å². The summed E-state index contributed by atoms with van der Waals surface area (Å²) in [5.41, 5.74) is 6.51. The molecule has 42 heavy (non-hydrogen) atoms. The van der Waals surface area contributed by atoms with E-state index in [1.54, 1.807) is 0 Å². The molecule has 6 heteroatoms. The summed E-state index contributed by atoms with van der Waals surface area (Å²) in [6.07, 6.45) is 7.66. The number of carbonyl (C=O) groups is 1. The Bertz CT molecular complexity index is 1370. The number of aromatic amines is 1. The van der Waals surface area contributed by atoms with Crippen molar-refractivity contribution in [1.82, 2.24) is 25.1 Å². The molecule has 3 aromatic carbocycles. The van der Waals surface area contributed by atoms with Gasteiger partial charge in [0.1, 0.15) is 5.82 Å². The molecule has 1 unspecified atom stereocenters. The van der Waals surface area contributed by atoms with Crippen LogP contribution >= 0.6 is 0 Å². The summed E-state index contributed by atoms with van der Waals surface area (Å²) in [6, 6.07) is 24.9. The number of para-hydroxylation sites is 2. The van der Waals surface area contributed by atoms with Gasteiger partial charge in [0.05, 0.1) is 17.1 Å². The highest BCUT2D eigenvalue weighted by Gasteiger charge is 2.29. The lowest BCUT2D eigenvalue weighted by Crippen LogP contribution is -2.38. The summed E-state index contributed by atoms with van der Waals surface area (Å²) in [7, 11) is 0. The molecule has 6 nitrogen and oxygen atoms in total. The number of likely N-dealkylation sites (tertiary alicyclic amines) is 1. The van der Waals surface area contributed by atoms with E-state index in [9.17, 15) is 4.79 Å². The third-order valence-electron chi connectivity index (χ3n) is 8.44. The number of nitrogens with one attached hydrogen (secondary N) is 2. The van der Waals surface area contributed by atoms with Crippen LogP contribution in [0.25, 0.3) is 11.0 Å². The number of aromatic nitrogens is 2. The van der Waals surface area contributed by atoms with Crippen LogP contribution in [0.4, 0.5) is 0 Å². The van der Waals surface area contributed by atoms with Gasteiger partial charge in [0.15, 0.2) is 0 Å². The smallest absolute Gasteiger partial charge is 0.254 e. The minimum atomic E-state index is -0.204. The summed E-state index contributed by atoms with van der Waals surface area (Å²) < 4.78 is 0. The number of hydrogen-bond donors (Lipinski definition) is 2. The van der Waals surface area contributed by atoms with Crippen LogP contribution in [0.15, 0.2) is 72.8 Å². The average molecular weight is 566 g/mol. The van der Waals surface area contributed by atoms with Crippen molar-refractivity contribution in [1.29, 1.82) is 0 Å². The molecule has 2 N–H and O–H groups in total. The van der Waals surface area contributed by atoms with Crippen LogP contribution in [0.2, 0.25) is 0 Å². The maximum absolute atomic E-state index is 14.3. The number of rotatable bonds is 14. The van der Waals surface area contributed by atoms with E-state index in [4.69, 9.17) is 4.98 Å². The predicted molar refractivity (Wildman–Crippen MR) is 172 cm³/mol. The van der Waals surface area contributed by atoms with Gasteiger partial charge >= 0.3 is 0 Å². The van der Waals surface area contributed by atoms with E-state index in [1.165, 1.54) is 36.0 Å². The van der Waals surface area contributed by atoms with Crippen LogP contribution in [-0.2, 0) is 19.5 Å². The fourth-order valence-electron chi connectivity index (χ4n) is 6.03. The molecule has 0 spiro atoms. The maximum atomic E-state index is 14.3. The Labute approximate surface area is 251 Å². The fraction of sp³-hybridized carbons (Fsp3) is 0.444. The minimum Gasteiger partial charge on any atom is -0.340 e. The highest BCUT2D eigenvalue weighted by Crippen LogP contribution is 2.30. The number of imidazole rings is 1. The molecule has 222 valence electrons. The van der Waals surface area contributed by atoms with Crippen molar-refractivity contribution >= 4 is 16.9 Å². The molecule has 0 saturated carbocycles. The fourth-order valence-corrected chi connectivity index (χ4v) is 6.03. The summed E-state index contributed by atoms with van der Waals surface area (Å²) in [4.78, 5) is 27.6. The van der Waals surface area contributed by atoms with Gasteiger partial charge in [-0.3, -0.25) is 9.69 Å². The van der Waals surface area contributed by atoms with E-state index in [-0.39, 0.29) is 11.9 Å². The molecule has 1 saturated heterocycles. The van der Waals surface area contributed by atoms with Crippen molar-refractivity contribution in [3.8, 4) is 0 Å². The first kappa shape index (κ1) is 30.0. The van der Waals surface area contributed by atoms with Gasteiger partial charge in [-0.25, -0.2) is 4.98 Å². The van der Waals surface area contributed by atoms with Gasteiger partial charge < -0.3 is 15.2 Å². The summed E-state index contributed by atoms with van der Waals surface area (Å²) in [6.45, 7) is 10.1. The summed E-state index contributed by atoms with van der Waals surface area (Å²) in [5.74, 6) is 0.921. The van der Waals surface area contributed by atoms with Gasteiger partial charge in [-0.05, 0) is 86.3 Å². The zero-order valence-corrected chi connectivity index (χ0v) is 25.4. The molecule has 1 fully saturated rings. The van der Waals surface area contributed by atoms with Gasteiger partial charge in [0.2, 0.25) is 0 Å². The van der Waals surface area contributed by atoms with Crippen LogP contribution in [0.3, 0.4) is 0 Å². The largest absolute Gasteiger partial charge is 0.340 e. The number of H-pyrrole nitrogens is 1. The Morgan fingerprint density at radius 1 is 0.929 bits per heavy atom. The van der Waals surface area contributed by atoms with Crippen LogP contribution in [-0.4, -0.2) is 51.9 Å². The van der Waals surface area contributed by atoms with Crippen molar-refractivity contribution in [2.24, 2.45) is 0 Å². The number of piperidine rings is 1. The lowest BCUT2D eigenvalue weighted by molar-refractivity contribution is 0.0663. The molecular formula is C36H47N5O. The Kier molecular flexibility index (Phi) is 10.8. The third-order valence-corrected chi connectivity index (χ3v) is 8.44. The van der Waals surface area contributed by atoms with E-state index in [2.05, 4.69) is 76.4 Å². The van der Waals surface area contributed by atoms with E-state index in [0.29, 0.717) is 6.54 Å². The van der Waals surface area contributed by atoms with E-state index in [0.717, 1.165) is 80.8 Å². The monoisotopic (exact) mass is 565 g/mol. The normalized spacial score (nSPS) is 14.7. The van der Waals surface area contributed by atoms with Crippen molar-refractivity contribution in [2.45, 2.75) is 77.9 Å². The molecule has 1 aliphatic rings. The molecular weight excluding hydrogens is 518 g/mol. The van der Waals surface area contributed by atoms with Gasteiger partial charge in [-0.1, -0.05) is 75.2 Å². The van der Waals surface area contributed by atoms with E-state index < -0.39 is 0 Å². The van der Waals surface area contributed by atoms with E-state index in [1.807, 2.05) is 30.3 Å². The first-order chi connectivity index (χ1) is 20.7. The summed E-state index contributed by atoms with van der Waals surface area (Å²) in [5, 5.41) is 3.45. The lowest BCUT2D eigenvalue weighted by atomic mass is 9.97. The Morgan fingerprint density at radius 3 is 2.40 bits per heavy atom. The molecule has 0 bridgehead atoms. The Morgan fingerprint density at radius 2 is 1.67 bits per heavy atom. The molecule has 0 aliphatic carbocycles. The van der Waals surface area contributed by atoms with Crippen molar-refractivity contribution in [3.63, 3.8) is 0 Å². The molecule has 1 amide bonds. The number of fused-ring (bicyclic) bond motifs is 1. The summed E-state index contributed by atoms with van der Waals surface area (Å²) >= 11 is 0. The molecule has 5 rings (SSSR count). The number of unbranched alkanes of at least 4 members (excludes halogenated alkanes) is 1. The number of nitrogens with zero attached hydrogens (tertiary/aromatic N) is 3. The van der Waals surface area contributed by atoms with Crippen molar-refractivity contribution < 1.29 is 4.79 Å². The maximum Gasteiger partial charge on any atom is 0.254 e. The van der Waals surface area contributed by atoms with Gasteiger partial charge in [-0.15, -0.1) is 0 Å². The zero-order chi connectivity index (χ0) is 29.1. The molecule has 2 heterocycles. The highest BCUT2D eigenvalue weighted by atomic mass is 16.2. The molecule has 1 aliphatic heterocycles. The highest BCUT2D eigenvalue weighted by molar-refractivity contribution is 5.94. The first-order valence-electron chi connectivity index (χ1n) is 16.0. The third kappa shape index (κ3) is 7.67. The molecule has 4 aromatic rings. The van der Waals surface area contributed by atoms with Crippen LogP contribution in [0.5, 0.6) is 0 Å². The van der Waals surface area contributed by atoms with Crippen LogP contribution in [0.1, 0.15) is 91.3 Å². The molecule has 1 aromatic heterocycles. The first-order valence-corrected chi connectivity index (χ1v) is 16.0. The number of amides is 1. The molecule has 1 atom stereocenters. The van der Waals surface area contributed by atoms with Gasteiger partial charge in [0.25, 0.3) is 5.91 Å². The second-order valence-electron chi connectivity index (χ2n) is 11.7. The second-order valence-corrected chi connectivity index (χ2v) is 11.7. The average Bonchev–Trinajstić information content (AvgIpc) is 3.46. The SMILES string of the molecule is CCCCN(C(=O)c1ccc(CNCCC)cc1)C(Cc1ccccc1CN1CCCCC1)c1nc2ccccc2[nH]1. The number of hydrogen-bond acceptors (Lipinski definition) is 4. The van der Waals surface area contributed by atoms with Gasteiger partial charge in [-0.2, -0.15) is 0 Å². The van der Waals surface area contributed by atoms with E-state index >= 15 is 0 Å². The minimum absolute atomic E-state index is 0.0653. The topological polar surface area (TPSA) is 64.3 Å². The lowest BCUT2D eigenvalue weighted by Gasteiger charge is -2.32. The number of carbonyl (C=O) groups excluding carboxylic acids is 1. The van der Waals surface area contributed by atoms with Crippen LogP contribution < -0.4 is 5.32 Å². The quantitative estimate of drug-likeness (QED) is 0.158. The zero-order valence-electron chi connectivity index (χ0n) is 25.4. The van der Waals surface area contributed by atoms with Gasteiger partial charge in [0, 0.05) is 31.6 Å². The Hall–Kier alpha value is -3.48. The van der Waals surface area contributed by atoms with Crippen molar-refractivity contribution in [3.05, 3.63) is 101 Å². The molecule has 0 radical (unpaired) electrons. The second kappa shape index (κ2) is 15.1. The Balaban J connectivity index is 1.48. The standard InChI is InChI=1S/C36H47N5O/c1-3-5-24-41(36(42)29-19-17-28(18-20-29)26-37-21-4-2)34(35-38-32-15-9-10-16-33(32)39-35)25-30-13-7-8-14-31(30)27-40-22-11-6-12-23-40/h7-10,13-20,34,37H,3-6,11-12,21-27H2,1-2H3,(H,38,39). The predicted octanol–water partition coefficient (Wildman–Crippen LogP) is 7.27. The number of benzene rings is 3.